The maximum absolute atomic E-state index is 13.0. The number of hydrogen-bond donors (Lipinski definition) is 2. The van der Waals surface area contributed by atoms with Crippen LogP contribution in [0.25, 0.3) is 0 Å². The van der Waals surface area contributed by atoms with Crippen LogP contribution in [0.2, 0.25) is 0 Å². The minimum atomic E-state index is -1.20. The monoisotopic (exact) mass is 277 g/mol. The first kappa shape index (κ1) is 14.1. The predicted octanol–water partition coefficient (Wildman–Crippen LogP) is 2.51. The van der Waals surface area contributed by atoms with Crippen LogP contribution in [0.15, 0.2) is 48.5 Å². The number of carbonyl (C=O) groups is 1. The molecular formula is C15H13F2NO2. The Bertz CT molecular complexity index is 551. The molecule has 1 atom stereocenters. The van der Waals surface area contributed by atoms with Gasteiger partial charge in [0.2, 0.25) is 0 Å². The molecular weight excluding hydrogens is 264 g/mol. The van der Waals surface area contributed by atoms with Gasteiger partial charge in [-0.2, -0.15) is 0 Å². The third kappa shape index (κ3) is 3.00. The lowest BCUT2D eigenvalue weighted by atomic mass is 9.85. The maximum Gasteiger partial charge on any atom is 0.321 e. The average Bonchev–Trinajstić information content (AvgIpc) is 2.43. The van der Waals surface area contributed by atoms with E-state index in [1.54, 1.807) is 0 Å². The number of carboxylic acid groups (broad SMARTS) is 1. The van der Waals surface area contributed by atoms with E-state index in [2.05, 4.69) is 0 Å². The van der Waals surface area contributed by atoms with Crippen LogP contribution in [0.1, 0.15) is 17.0 Å². The zero-order valence-electron chi connectivity index (χ0n) is 10.5. The Balaban J connectivity index is 2.46. The molecule has 2 rings (SSSR count). The van der Waals surface area contributed by atoms with Crippen molar-refractivity contribution in [3.63, 3.8) is 0 Å². The fourth-order valence-corrected chi connectivity index (χ4v) is 2.09. The third-order valence-electron chi connectivity index (χ3n) is 3.10. The number of benzene rings is 2. The highest BCUT2D eigenvalue weighted by molar-refractivity contribution is 5.75. The Kier molecular flexibility index (Phi) is 4.10. The normalized spacial score (nSPS) is 12.4. The second kappa shape index (κ2) is 5.79. The maximum atomic E-state index is 13.0. The SMILES string of the molecule is N[C@@H](C(=O)O)C(c1ccc(F)cc1)c1ccc(F)cc1. The molecule has 2 aromatic rings. The zero-order valence-corrected chi connectivity index (χ0v) is 10.5. The van der Waals surface area contributed by atoms with E-state index in [1.165, 1.54) is 48.5 Å². The molecule has 0 unspecified atom stereocenters. The van der Waals surface area contributed by atoms with Crippen molar-refractivity contribution in [3.8, 4) is 0 Å². The van der Waals surface area contributed by atoms with Crippen LogP contribution in [0.3, 0.4) is 0 Å². The summed E-state index contributed by atoms with van der Waals surface area (Å²) in [4.78, 5) is 11.1. The fraction of sp³-hybridized carbons (Fsp3) is 0.133. The van der Waals surface area contributed by atoms with Crippen molar-refractivity contribution in [3.05, 3.63) is 71.3 Å². The van der Waals surface area contributed by atoms with E-state index in [9.17, 15) is 13.6 Å². The first-order valence-electron chi connectivity index (χ1n) is 5.98. The lowest BCUT2D eigenvalue weighted by molar-refractivity contribution is -0.138. The van der Waals surface area contributed by atoms with Crippen LogP contribution < -0.4 is 5.73 Å². The van der Waals surface area contributed by atoms with Gasteiger partial charge in [0, 0.05) is 5.92 Å². The Morgan fingerprint density at radius 1 is 0.900 bits per heavy atom. The van der Waals surface area contributed by atoms with E-state index in [1.807, 2.05) is 0 Å². The summed E-state index contributed by atoms with van der Waals surface area (Å²) in [6.07, 6.45) is 0. The fourth-order valence-electron chi connectivity index (χ4n) is 2.09. The molecule has 0 aliphatic rings. The number of carboxylic acids is 1. The van der Waals surface area contributed by atoms with Crippen LogP contribution >= 0.6 is 0 Å². The van der Waals surface area contributed by atoms with E-state index >= 15 is 0 Å². The molecule has 3 nitrogen and oxygen atoms in total. The molecule has 0 saturated carbocycles. The molecule has 0 fully saturated rings. The minimum Gasteiger partial charge on any atom is -0.480 e. The quantitative estimate of drug-likeness (QED) is 0.902. The molecule has 5 heteroatoms. The van der Waals surface area contributed by atoms with E-state index in [0.717, 1.165) is 0 Å². The summed E-state index contributed by atoms with van der Waals surface area (Å²) in [6, 6.07) is 9.66. The first-order valence-corrected chi connectivity index (χ1v) is 5.98. The molecule has 0 radical (unpaired) electrons. The second-order valence-corrected chi connectivity index (χ2v) is 4.44. The Hall–Kier alpha value is -2.27. The van der Waals surface area contributed by atoms with E-state index in [-0.39, 0.29) is 0 Å². The molecule has 0 aromatic heterocycles. The van der Waals surface area contributed by atoms with Gasteiger partial charge in [-0.15, -0.1) is 0 Å². The largest absolute Gasteiger partial charge is 0.480 e. The van der Waals surface area contributed by atoms with Gasteiger partial charge in [-0.1, -0.05) is 24.3 Å². The van der Waals surface area contributed by atoms with Gasteiger partial charge >= 0.3 is 5.97 Å². The first-order chi connectivity index (χ1) is 9.49. The molecule has 3 N–H and O–H groups in total. The van der Waals surface area contributed by atoms with Crippen molar-refractivity contribution in [1.82, 2.24) is 0 Å². The van der Waals surface area contributed by atoms with E-state index < -0.39 is 29.6 Å². The molecule has 0 bridgehead atoms. The van der Waals surface area contributed by atoms with Gasteiger partial charge in [0.1, 0.15) is 17.7 Å². The predicted molar refractivity (Wildman–Crippen MR) is 70.3 cm³/mol. The van der Waals surface area contributed by atoms with Crippen molar-refractivity contribution in [2.75, 3.05) is 0 Å². The van der Waals surface area contributed by atoms with Gasteiger partial charge in [0.05, 0.1) is 0 Å². The molecule has 20 heavy (non-hydrogen) atoms. The lowest BCUT2D eigenvalue weighted by Gasteiger charge is -2.22. The highest BCUT2D eigenvalue weighted by atomic mass is 19.1. The summed E-state index contributed by atoms with van der Waals surface area (Å²) in [7, 11) is 0. The van der Waals surface area contributed by atoms with Crippen LogP contribution in [0.4, 0.5) is 8.78 Å². The molecule has 0 aliphatic carbocycles. The zero-order chi connectivity index (χ0) is 14.7. The number of rotatable bonds is 4. The molecule has 104 valence electrons. The molecule has 0 heterocycles. The highest BCUT2D eigenvalue weighted by Gasteiger charge is 2.27. The summed E-state index contributed by atoms with van der Waals surface area (Å²) in [5.74, 6) is -2.69. The van der Waals surface area contributed by atoms with Crippen LogP contribution in [0.5, 0.6) is 0 Å². The molecule has 0 aliphatic heterocycles. The standard InChI is InChI=1S/C15H13F2NO2/c16-11-5-1-9(2-6-11)13(14(18)15(19)20)10-3-7-12(17)8-4-10/h1-8,13-14H,18H2,(H,19,20)/t14-/m1/s1. The second-order valence-electron chi connectivity index (χ2n) is 4.44. The Morgan fingerprint density at radius 2 is 1.25 bits per heavy atom. The van der Waals surface area contributed by atoms with Crippen molar-refractivity contribution in [2.24, 2.45) is 5.73 Å². The summed E-state index contributed by atoms with van der Waals surface area (Å²) >= 11 is 0. The lowest BCUT2D eigenvalue weighted by Crippen LogP contribution is -2.37. The number of hydrogen-bond acceptors (Lipinski definition) is 2. The van der Waals surface area contributed by atoms with Crippen molar-refractivity contribution in [1.29, 1.82) is 0 Å². The van der Waals surface area contributed by atoms with Crippen molar-refractivity contribution < 1.29 is 18.7 Å². The van der Waals surface area contributed by atoms with Gasteiger partial charge in [0.15, 0.2) is 0 Å². The Labute approximate surface area is 114 Å². The number of aliphatic carboxylic acids is 1. The smallest absolute Gasteiger partial charge is 0.321 e. The van der Waals surface area contributed by atoms with Gasteiger partial charge in [0.25, 0.3) is 0 Å². The van der Waals surface area contributed by atoms with Crippen LogP contribution in [-0.2, 0) is 4.79 Å². The third-order valence-corrected chi connectivity index (χ3v) is 3.10. The van der Waals surface area contributed by atoms with Crippen LogP contribution in [0, 0.1) is 11.6 Å². The van der Waals surface area contributed by atoms with Crippen molar-refractivity contribution >= 4 is 5.97 Å². The van der Waals surface area contributed by atoms with Gasteiger partial charge < -0.3 is 10.8 Å². The number of nitrogens with two attached hydrogens (primary N) is 1. The van der Waals surface area contributed by atoms with Gasteiger partial charge in [-0.25, -0.2) is 8.78 Å². The Morgan fingerprint density at radius 3 is 1.55 bits per heavy atom. The summed E-state index contributed by atoms with van der Waals surface area (Å²) in [6.45, 7) is 0. The van der Waals surface area contributed by atoms with E-state index in [4.69, 9.17) is 10.8 Å². The highest BCUT2D eigenvalue weighted by Crippen LogP contribution is 2.28. The van der Waals surface area contributed by atoms with Crippen LogP contribution in [-0.4, -0.2) is 17.1 Å². The minimum absolute atomic E-state index is 0.421. The summed E-state index contributed by atoms with van der Waals surface area (Å²) < 4.78 is 25.9. The summed E-state index contributed by atoms with van der Waals surface area (Å²) in [5, 5.41) is 9.11. The topological polar surface area (TPSA) is 63.3 Å². The van der Waals surface area contributed by atoms with E-state index in [0.29, 0.717) is 11.1 Å². The molecule has 0 spiro atoms. The summed E-state index contributed by atoms with van der Waals surface area (Å²) in [5.41, 5.74) is 6.84. The number of halogens is 2. The molecule has 0 amide bonds. The van der Waals surface area contributed by atoms with Gasteiger partial charge in [-0.3, -0.25) is 4.79 Å². The van der Waals surface area contributed by atoms with Gasteiger partial charge in [-0.05, 0) is 35.4 Å². The molecule has 0 saturated heterocycles. The molecule has 2 aromatic carbocycles. The average molecular weight is 277 g/mol. The van der Waals surface area contributed by atoms with Crippen molar-refractivity contribution in [2.45, 2.75) is 12.0 Å².